The van der Waals surface area contributed by atoms with Crippen LogP contribution in [0.15, 0.2) is 66.1 Å². The van der Waals surface area contributed by atoms with Crippen LogP contribution in [0, 0.1) is 13.8 Å². The number of nitrogens with zero attached hydrogens (tertiary/aromatic N) is 5. The normalized spacial score (nSPS) is 11.4. The summed E-state index contributed by atoms with van der Waals surface area (Å²) >= 11 is 0. The minimum atomic E-state index is -1.06. The van der Waals surface area contributed by atoms with Crippen molar-refractivity contribution in [2.45, 2.75) is 20.4 Å². The predicted molar refractivity (Wildman–Crippen MR) is 117 cm³/mol. The van der Waals surface area contributed by atoms with Crippen molar-refractivity contribution in [2.75, 3.05) is 0 Å². The average molecular weight is 413 g/mol. The number of hydrogen-bond acceptors (Lipinski definition) is 4. The summed E-state index contributed by atoms with van der Waals surface area (Å²) in [5.41, 5.74) is 6.01. The van der Waals surface area contributed by atoms with Crippen molar-refractivity contribution in [1.82, 2.24) is 23.5 Å². The lowest BCUT2D eigenvalue weighted by molar-refractivity contribution is -0.137. The van der Waals surface area contributed by atoms with Gasteiger partial charge in [-0.15, -0.1) is 0 Å². The number of rotatable bonds is 4. The molecule has 5 rings (SSSR count). The number of carbonyl (C=O) groups is 1. The third-order valence-corrected chi connectivity index (χ3v) is 5.50. The van der Waals surface area contributed by atoms with Crippen LogP contribution in [-0.2, 0) is 11.3 Å². The van der Waals surface area contributed by atoms with Crippen LogP contribution in [-0.4, -0.2) is 34.6 Å². The van der Waals surface area contributed by atoms with E-state index in [0.29, 0.717) is 16.7 Å². The average Bonchev–Trinajstić information content (AvgIpc) is 3.32. The monoisotopic (exact) mass is 413 g/mol. The van der Waals surface area contributed by atoms with E-state index < -0.39 is 12.5 Å². The molecular weight excluding hydrogens is 394 g/mol. The molecule has 5 aromatic rings. The Morgan fingerprint density at radius 2 is 1.94 bits per heavy atom. The van der Waals surface area contributed by atoms with Crippen LogP contribution in [0.3, 0.4) is 0 Å². The van der Waals surface area contributed by atoms with Gasteiger partial charge in [0.1, 0.15) is 6.54 Å². The summed E-state index contributed by atoms with van der Waals surface area (Å²) in [6.45, 7) is 3.45. The molecule has 0 saturated heterocycles. The summed E-state index contributed by atoms with van der Waals surface area (Å²) in [4.78, 5) is 33.3. The van der Waals surface area contributed by atoms with E-state index >= 15 is 0 Å². The number of aromatic nitrogens is 5. The van der Waals surface area contributed by atoms with E-state index in [0.717, 1.165) is 27.9 Å². The van der Waals surface area contributed by atoms with Crippen molar-refractivity contribution >= 4 is 22.5 Å². The number of carboxylic acid groups (broad SMARTS) is 1. The Balaban J connectivity index is 1.73. The Hall–Kier alpha value is -4.20. The van der Waals surface area contributed by atoms with E-state index in [1.165, 1.54) is 4.57 Å². The van der Waals surface area contributed by atoms with Crippen molar-refractivity contribution in [3.8, 4) is 16.9 Å². The van der Waals surface area contributed by atoms with Gasteiger partial charge in [0, 0.05) is 18.0 Å². The standard InChI is InChI=1S/C23H19N5O3/c1-14-4-3-5-18-22(14)28(23(31)27(18)12-20(29)30)17-7-6-16(10-15(17)2)21-19-11-24-13-26(19)9-8-25-21/h3-11,13H,12H2,1-2H3,(H,29,30). The van der Waals surface area contributed by atoms with Gasteiger partial charge in [-0.05, 0) is 43.2 Å². The molecule has 0 saturated carbocycles. The molecule has 8 heteroatoms. The highest BCUT2D eigenvalue weighted by Gasteiger charge is 2.19. The Labute approximate surface area is 176 Å². The highest BCUT2D eigenvalue weighted by molar-refractivity contribution is 5.84. The first-order valence-corrected chi connectivity index (χ1v) is 9.76. The van der Waals surface area contributed by atoms with Crippen LogP contribution in [0.4, 0.5) is 0 Å². The molecule has 0 radical (unpaired) electrons. The molecule has 0 spiro atoms. The first-order valence-electron chi connectivity index (χ1n) is 9.76. The first-order chi connectivity index (χ1) is 15.0. The number of aryl methyl sites for hydroxylation is 2. The van der Waals surface area contributed by atoms with E-state index in [1.807, 2.05) is 54.8 Å². The van der Waals surface area contributed by atoms with Crippen molar-refractivity contribution in [2.24, 2.45) is 0 Å². The lowest BCUT2D eigenvalue weighted by Gasteiger charge is -2.11. The smallest absolute Gasteiger partial charge is 0.334 e. The molecule has 0 atom stereocenters. The lowest BCUT2D eigenvalue weighted by Crippen LogP contribution is -2.26. The zero-order valence-corrected chi connectivity index (χ0v) is 17.0. The summed E-state index contributed by atoms with van der Waals surface area (Å²) in [5, 5.41) is 9.30. The van der Waals surface area contributed by atoms with Crippen LogP contribution in [0.25, 0.3) is 33.5 Å². The first kappa shape index (κ1) is 18.8. The quantitative estimate of drug-likeness (QED) is 0.488. The van der Waals surface area contributed by atoms with Gasteiger partial charge in [0.05, 0.1) is 40.5 Å². The second-order valence-electron chi connectivity index (χ2n) is 7.50. The van der Waals surface area contributed by atoms with E-state index in [1.54, 1.807) is 29.4 Å². The molecule has 0 aliphatic heterocycles. The molecule has 3 heterocycles. The van der Waals surface area contributed by atoms with Crippen molar-refractivity contribution < 1.29 is 9.90 Å². The van der Waals surface area contributed by atoms with E-state index in [2.05, 4.69) is 9.97 Å². The molecule has 0 fully saturated rings. The summed E-state index contributed by atoms with van der Waals surface area (Å²) < 4.78 is 4.80. The molecule has 0 bridgehead atoms. The van der Waals surface area contributed by atoms with Crippen LogP contribution < -0.4 is 5.69 Å². The fraction of sp³-hybridized carbons (Fsp3) is 0.130. The van der Waals surface area contributed by atoms with Crippen LogP contribution >= 0.6 is 0 Å². The zero-order valence-electron chi connectivity index (χ0n) is 17.0. The topological polar surface area (TPSA) is 94.4 Å². The maximum Gasteiger partial charge on any atom is 0.334 e. The summed E-state index contributed by atoms with van der Waals surface area (Å²) in [7, 11) is 0. The van der Waals surface area contributed by atoms with Gasteiger partial charge in [0.25, 0.3) is 0 Å². The summed E-state index contributed by atoms with van der Waals surface area (Å²) in [6, 6.07) is 11.3. The molecule has 2 aromatic carbocycles. The molecule has 0 amide bonds. The van der Waals surface area contributed by atoms with E-state index in [9.17, 15) is 14.7 Å². The Morgan fingerprint density at radius 3 is 2.71 bits per heavy atom. The largest absolute Gasteiger partial charge is 0.480 e. The Bertz CT molecular complexity index is 1540. The van der Waals surface area contributed by atoms with Crippen LogP contribution in [0.5, 0.6) is 0 Å². The van der Waals surface area contributed by atoms with Crippen molar-refractivity contribution in [1.29, 1.82) is 0 Å². The third-order valence-electron chi connectivity index (χ3n) is 5.50. The minimum Gasteiger partial charge on any atom is -0.480 e. The minimum absolute atomic E-state index is 0.376. The van der Waals surface area contributed by atoms with Gasteiger partial charge in [0.2, 0.25) is 0 Å². The second kappa shape index (κ2) is 6.94. The predicted octanol–water partition coefficient (Wildman–Crippen LogP) is 3.20. The summed E-state index contributed by atoms with van der Waals surface area (Å²) in [6.07, 6.45) is 7.05. The second-order valence-corrected chi connectivity index (χ2v) is 7.50. The number of benzene rings is 2. The fourth-order valence-corrected chi connectivity index (χ4v) is 4.11. The van der Waals surface area contributed by atoms with Gasteiger partial charge in [-0.25, -0.2) is 9.78 Å². The van der Waals surface area contributed by atoms with E-state index in [-0.39, 0.29) is 5.69 Å². The molecule has 154 valence electrons. The van der Waals surface area contributed by atoms with Crippen molar-refractivity contribution in [3.63, 3.8) is 0 Å². The van der Waals surface area contributed by atoms with Gasteiger partial charge in [-0.1, -0.05) is 18.2 Å². The van der Waals surface area contributed by atoms with Gasteiger partial charge >= 0.3 is 11.7 Å². The highest BCUT2D eigenvalue weighted by atomic mass is 16.4. The molecular formula is C23H19N5O3. The van der Waals surface area contributed by atoms with Gasteiger partial charge in [0.15, 0.2) is 0 Å². The fourth-order valence-electron chi connectivity index (χ4n) is 4.11. The Kier molecular flexibility index (Phi) is 4.21. The van der Waals surface area contributed by atoms with Gasteiger partial charge in [-0.2, -0.15) is 0 Å². The molecule has 0 aliphatic rings. The molecule has 8 nitrogen and oxygen atoms in total. The molecule has 3 aromatic heterocycles. The number of aliphatic carboxylic acids is 1. The SMILES string of the molecule is Cc1cc(-c2nccn3cncc23)ccc1-n1c(=O)n(CC(=O)O)c2cccc(C)c21. The van der Waals surface area contributed by atoms with Crippen LogP contribution in [0.2, 0.25) is 0 Å². The van der Waals surface area contributed by atoms with Gasteiger partial charge < -0.3 is 9.51 Å². The Morgan fingerprint density at radius 1 is 1.10 bits per heavy atom. The number of hydrogen-bond donors (Lipinski definition) is 1. The number of para-hydroxylation sites is 1. The molecule has 1 N–H and O–H groups in total. The third kappa shape index (κ3) is 2.92. The highest BCUT2D eigenvalue weighted by Crippen LogP contribution is 2.28. The molecule has 0 unspecified atom stereocenters. The number of carboxylic acids is 1. The maximum absolute atomic E-state index is 13.3. The number of imidazole rings is 2. The molecule has 0 aliphatic carbocycles. The van der Waals surface area contributed by atoms with E-state index in [4.69, 9.17) is 0 Å². The maximum atomic E-state index is 13.3. The van der Waals surface area contributed by atoms with Gasteiger partial charge in [-0.3, -0.25) is 18.9 Å². The lowest BCUT2D eigenvalue weighted by atomic mass is 10.1. The molecule has 31 heavy (non-hydrogen) atoms. The summed E-state index contributed by atoms with van der Waals surface area (Å²) in [5.74, 6) is -1.06. The number of fused-ring (bicyclic) bond motifs is 2. The zero-order chi connectivity index (χ0) is 21.7. The van der Waals surface area contributed by atoms with Crippen molar-refractivity contribution in [3.05, 3.63) is 82.9 Å². The van der Waals surface area contributed by atoms with Crippen LogP contribution in [0.1, 0.15) is 11.1 Å².